The number of carbonyl (C=O) groups excluding carboxylic acids is 2. The summed E-state index contributed by atoms with van der Waals surface area (Å²) >= 11 is 0. The topological polar surface area (TPSA) is 49.4 Å². The van der Waals surface area contributed by atoms with Gasteiger partial charge < -0.3 is 10.2 Å². The van der Waals surface area contributed by atoms with Crippen molar-refractivity contribution >= 4 is 11.8 Å². The molecular formula is C9H16N2O2. The van der Waals surface area contributed by atoms with Crippen LogP contribution < -0.4 is 5.32 Å². The van der Waals surface area contributed by atoms with Crippen LogP contribution >= 0.6 is 0 Å². The van der Waals surface area contributed by atoms with Crippen LogP contribution in [0.3, 0.4) is 0 Å². The van der Waals surface area contributed by atoms with Gasteiger partial charge in [-0.1, -0.05) is 0 Å². The predicted molar refractivity (Wildman–Crippen MR) is 49.1 cm³/mol. The Balaban J connectivity index is 2.75. The van der Waals surface area contributed by atoms with Crippen LogP contribution in [-0.2, 0) is 9.59 Å². The SMILES string of the molecule is CNC(=O)[C@@H]1CC[C@H](C)N1C(C)=O. The minimum absolute atomic E-state index is 0.0152. The van der Waals surface area contributed by atoms with E-state index in [4.69, 9.17) is 0 Å². The number of rotatable bonds is 1. The van der Waals surface area contributed by atoms with Crippen molar-refractivity contribution in [3.05, 3.63) is 0 Å². The second kappa shape index (κ2) is 3.77. The second-order valence-corrected chi connectivity index (χ2v) is 3.48. The highest BCUT2D eigenvalue weighted by atomic mass is 16.2. The number of hydrogen-bond donors (Lipinski definition) is 1. The fourth-order valence-corrected chi connectivity index (χ4v) is 1.94. The molecule has 13 heavy (non-hydrogen) atoms. The molecule has 0 radical (unpaired) electrons. The molecule has 0 saturated carbocycles. The Kier molecular flexibility index (Phi) is 2.90. The van der Waals surface area contributed by atoms with Gasteiger partial charge in [0.05, 0.1) is 0 Å². The van der Waals surface area contributed by atoms with Crippen LogP contribution in [0.5, 0.6) is 0 Å². The van der Waals surface area contributed by atoms with E-state index >= 15 is 0 Å². The molecule has 0 aromatic carbocycles. The van der Waals surface area contributed by atoms with Crippen LogP contribution in [0, 0.1) is 0 Å². The summed E-state index contributed by atoms with van der Waals surface area (Å²) in [4.78, 5) is 24.3. The molecule has 74 valence electrons. The summed E-state index contributed by atoms with van der Waals surface area (Å²) in [6.07, 6.45) is 1.69. The molecule has 1 saturated heterocycles. The van der Waals surface area contributed by atoms with Crippen LogP contribution in [0.1, 0.15) is 26.7 Å². The molecule has 1 fully saturated rings. The van der Waals surface area contributed by atoms with E-state index in [2.05, 4.69) is 5.32 Å². The summed E-state index contributed by atoms with van der Waals surface area (Å²) in [5.74, 6) is -0.0712. The molecule has 0 unspecified atom stereocenters. The number of hydrogen-bond acceptors (Lipinski definition) is 2. The summed E-state index contributed by atoms with van der Waals surface area (Å²) in [5.41, 5.74) is 0. The highest BCUT2D eigenvalue weighted by Gasteiger charge is 2.36. The van der Waals surface area contributed by atoms with Crippen molar-refractivity contribution < 1.29 is 9.59 Å². The van der Waals surface area contributed by atoms with Crippen LogP contribution in [0.2, 0.25) is 0 Å². The largest absolute Gasteiger partial charge is 0.357 e. The Hall–Kier alpha value is -1.06. The highest BCUT2D eigenvalue weighted by Crippen LogP contribution is 2.23. The van der Waals surface area contributed by atoms with Gasteiger partial charge >= 0.3 is 0 Å². The number of carbonyl (C=O) groups is 2. The van der Waals surface area contributed by atoms with Crippen LogP contribution in [0.25, 0.3) is 0 Å². The highest BCUT2D eigenvalue weighted by molar-refractivity contribution is 5.87. The molecule has 0 aromatic rings. The molecule has 1 aliphatic heterocycles. The first-order valence-corrected chi connectivity index (χ1v) is 4.58. The monoisotopic (exact) mass is 184 g/mol. The van der Waals surface area contributed by atoms with Gasteiger partial charge in [0.15, 0.2) is 0 Å². The minimum Gasteiger partial charge on any atom is -0.357 e. The average Bonchev–Trinajstić information content (AvgIpc) is 2.45. The predicted octanol–water partition coefficient (Wildman–Crippen LogP) is 0.132. The van der Waals surface area contributed by atoms with Crippen LogP contribution in [-0.4, -0.2) is 35.8 Å². The lowest BCUT2D eigenvalue weighted by atomic mass is 10.2. The van der Waals surface area contributed by atoms with Crippen molar-refractivity contribution in [3.63, 3.8) is 0 Å². The molecule has 1 N–H and O–H groups in total. The molecule has 0 spiro atoms. The van der Waals surface area contributed by atoms with Gasteiger partial charge in [-0.3, -0.25) is 9.59 Å². The third-order valence-corrected chi connectivity index (χ3v) is 2.58. The molecule has 2 amide bonds. The molecule has 1 rings (SSSR count). The molecule has 1 aliphatic rings. The van der Waals surface area contributed by atoms with E-state index in [0.29, 0.717) is 0 Å². The maximum Gasteiger partial charge on any atom is 0.242 e. The van der Waals surface area contributed by atoms with Gasteiger partial charge in [-0.15, -0.1) is 0 Å². The average molecular weight is 184 g/mol. The van der Waals surface area contributed by atoms with E-state index in [0.717, 1.165) is 12.8 Å². The number of likely N-dealkylation sites (N-methyl/N-ethyl adjacent to an activating group) is 1. The Morgan fingerprint density at radius 3 is 2.46 bits per heavy atom. The van der Waals surface area contributed by atoms with Crippen molar-refractivity contribution in [2.24, 2.45) is 0 Å². The summed E-state index contributed by atoms with van der Waals surface area (Å²) in [6, 6.07) is -0.0581. The first-order chi connectivity index (χ1) is 6.07. The van der Waals surface area contributed by atoms with Crippen LogP contribution in [0.4, 0.5) is 0 Å². The standard InChI is InChI=1S/C9H16N2O2/c1-6-4-5-8(9(13)10-3)11(6)7(2)12/h6,8H,4-5H2,1-3H3,(H,10,13)/t6-,8-/m0/s1. The van der Waals surface area contributed by atoms with Gasteiger partial charge in [0.2, 0.25) is 11.8 Å². The normalized spacial score (nSPS) is 27.5. The zero-order valence-electron chi connectivity index (χ0n) is 8.33. The lowest BCUT2D eigenvalue weighted by Gasteiger charge is -2.25. The zero-order valence-corrected chi connectivity index (χ0v) is 8.33. The van der Waals surface area contributed by atoms with Crippen molar-refractivity contribution in [2.45, 2.75) is 38.8 Å². The van der Waals surface area contributed by atoms with Crippen molar-refractivity contribution in [1.82, 2.24) is 10.2 Å². The van der Waals surface area contributed by atoms with Crippen LogP contribution in [0.15, 0.2) is 0 Å². The summed E-state index contributed by atoms with van der Waals surface area (Å²) < 4.78 is 0. The van der Waals surface area contributed by atoms with Gasteiger partial charge in [0.25, 0.3) is 0 Å². The van der Waals surface area contributed by atoms with Gasteiger partial charge in [0.1, 0.15) is 6.04 Å². The molecule has 0 aliphatic carbocycles. The zero-order chi connectivity index (χ0) is 10.0. The molecule has 2 atom stereocenters. The molecular weight excluding hydrogens is 168 g/mol. The maximum absolute atomic E-state index is 11.4. The van der Waals surface area contributed by atoms with E-state index in [-0.39, 0.29) is 23.9 Å². The number of likely N-dealkylation sites (tertiary alicyclic amines) is 1. The number of amides is 2. The summed E-state index contributed by atoms with van der Waals surface area (Å²) in [7, 11) is 1.60. The Bertz CT molecular complexity index is 228. The second-order valence-electron chi connectivity index (χ2n) is 3.48. The third-order valence-electron chi connectivity index (χ3n) is 2.58. The molecule has 4 nitrogen and oxygen atoms in total. The van der Waals surface area contributed by atoms with Crippen molar-refractivity contribution in [3.8, 4) is 0 Å². The van der Waals surface area contributed by atoms with E-state index in [9.17, 15) is 9.59 Å². The number of nitrogens with one attached hydrogen (secondary N) is 1. The van der Waals surface area contributed by atoms with E-state index in [1.54, 1.807) is 11.9 Å². The van der Waals surface area contributed by atoms with E-state index in [1.807, 2.05) is 6.92 Å². The first-order valence-electron chi connectivity index (χ1n) is 4.58. The molecule has 1 heterocycles. The maximum atomic E-state index is 11.4. The quantitative estimate of drug-likeness (QED) is 0.630. The van der Waals surface area contributed by atoms with Gasteiger partial charge in [-0.05, 0) is 19.8 Å². The Morgan fingerprint density at radius 2 is 2.00 bits per heavy atom. The fourth-order valence-electron chi connectivity index (χ4n) is 1.94. The Labute approximate surface area is 78.3 Å². The van der Waals surface area contributed by atoms with Gasteiger partial charge in [0, 0.05) is 20.0 Å². The smallest absolute Gasteiger partial charge is 0.242 e. The summed E-state index contributed by atoms with van der Waals surface area (Å²) in [5, 5.41) is 2.58. The molecule has 0 bridgehead atoms. The third kappa shape index (κ3) is 1.82. The molecule has 0 aromatic heterocycles. The Morgan fingerprint density at radius 1 is 1.38 bits per heavy atom. The van der Waals surface area contributed by atoms with Crippen molar-refractivity contribution in [1.29, 1.82) is 0 Å². The van der Waals surface area contributed by atoms with E-state index in [1.165, 1.54) is 6.92 Å². The van der Waals surface area contributed by atoms with Crippen molar-refractivity contribution in [2.75, 3.05) is 7.05 Å². The van der Waals surface area contributed by atoms with Gasteiger partial charge in [-0.25, -0.2) is 0 Å². The first kappa shape index (κ1) is 10.0. The van der Waals surface area contributed by atoms with Gasteiger partial charge in [-0.2, -0.15) is 0 Å². The number of nitrogens with zero attached hydrogens (tertiary/aromatic N) is 1. The fraction of sp³-hybridized carbons (Fsp3) is 0.778. The minimum atomic E-state index is -0.252. The lowest BCUT2D eigenvalue weighted by Crippen LogP contribution is -2.46. The van der Waals surface area contributed by atoms with E-state index < -0.39 is 0 Å². The summed E-state index contributed by atoms with van der Waals surface area (Å²) in [6.45, 7) is 3.49. The molecule has 4 heteroatoms. The lowest BCUT2D eigenvalue weighted by molar-refractivity contribution is -0.138.